The van der Waals surface area contributed by atoms with Gasteiger partial charge in [-0.15, -0.1) is 0 Å². The smallest absolute Gasteiger partial charge is 0.251 e. The number of H-pyrrole nitrogens is 1. The molecule has 2 N–H and O–H groups in total. The molecule has 8 heteroatoms. The molecule has 2 aromatic rings. The van der Waals surface area contributed by atoms with Crippen molar-refractivity contribution in [2.45, 2.75) is 35.6 Å². The zero-order valence-electron chi connectivity index (χ0n) is 12.1. The summed E-state index contributed by atoms with van der Waals surface area (Å²) < 4.78 is 0. The van der Waals surface area contributed by atoms with Crippen LogP contribution in [-0.2, 0) is 0 Å². The molecule has 0 aliphatic carbocycles. The van der Waals surface area contributed by atoms with Crippen LogP contribution in [0.5, 0.6) is 0 Å². The number of rotatable bonds is 6. The van der Waals surface area contributed by atoms with Crippen molar-refractivity contribution in [2.75, 3.05) is 18.1 Å². The van der Waals surface area contributed by atoms with Crippen LogP contribution in [0, 0.1) is 6.92 Å². The summed E-state index contributed by atoms with van der Waals surface area (Å²) in [6, 6.07) is 3.33. The van der Waals surface area contributed by atoms with Crippen LogP contribution in [0.3, 0.4) is 0 Å². The maximum absolute atomic E-state index is 11.5. The second-order valence-electron chi connectivity index (χ2n) is 4.30. The highest BCUT2D eigenvalue weighted by molar-refractivity contribution is 7.99. The van der Waals surface area contributed by atoms with Gasteiger partial charge >= 0.3 is 0 Å². The summed E-state index contributed by atoms with van der Waals surface area (Å²) in [6.45, 7) is 4.75. The van der Waals surface area contributed by atoms with Crippen molar-refractivity contribution in [2.24, 2.45) is 0 Å². The zero-order valence-corrected chi connectivity index (χ0v) is 13.8. The summed E-state index contributed by atoms with van der Waals surface area (Å²) in [4.78, 5) is 27.3. The third kappa shape index (κ3) is 4.75. The molecule has 112 valence electrons. The molecule has 0 fully saturated rings. The lowest BCUT2D eigenvalue weighted by atomic mass is 10.4. The standard InChI is InChI=1S/C13H17N5OS2/c1-4-5-14-9-7-11(18-12(16-9)20-3)21-13-15-8(2)6-10(19)17-13/h6-7H,4-5H2,1-3H3,(H,14,16,18)(H,15,17,19). The van der Waals surface area contributed by atoms with Crippen LogP contribution < -0.4 is 10.9 Å². The van der Waals surface area contributed by atoms with Crippen molar-refractivity contribution in [3.05, 3.63) is 28.2 Å². The molecule has 0 saturated heterocycles. The fraction of sp³-hybridized carbons (Fsp3) is 0.385. The van der Waals surface area contributed by atoms with Crippen LogP contribution in [-0.4, -0.2) is 32.7 Å². The van der Waals surface area contributed by atoms with Crippen molar-refractivity contribution in [3.8, 4) is 0 Å². The fourth-order valence-corrected chi connectivity index (χ4v) is 2.87. The highest BCUT2D eigenvalue weighted by atomic mass is 32.2. The van der Waals surface area contributed by atoms with Crippen LogP contribution >= 0.6 is 23.5 Å². The van der Waals surface area contributed by atoms with Gasteiger partial charge in [-0.25, -0.2) is 15.0 Å². The lowest BCUT2D eigenvalue weighted by Gasteiger charge is -2.08. The SMILES string of the molecule is CCCNc1cc(Sc2nc(C)cc(=O)[nH]2)nc(SC)n1. The molecule has 0 atom stereocenters. The quantitative estimate of drug-likeness (QED) is 0.480. The maximum atomic E-state index is 11.5. The Morgan fingerprint density at radius 2 is 2.10 bits per heavy atom. The Kier molecular flexibility index (Phi) is 5.63. The van der Waals surface area contributed by atoms with E-state index in [2.05, 4.69) is 32.2 Å². The number of aromatic amines is 1. The third-order valence-corrected chi connectivity index (χ3v) is 3.82. The summed E-state index contributed by atoms with van der Waals surface area (Å²) in [5.41, 5.74) is 0.526. The minimum atomic E-state index is -0.159. The Morgan fingerprint density at radius 1 is 1.29 bits per heavy atom. The zero-order chi connectivity index (χ0) is 15.2. The molecule has 2 heterocycles. The molecule has 0 aromatic carbocycles. The highest BCUT2D eigenvalue weighted by Gasteiger charge is 2.08. The molecule has 0 saturated carbocycles. The monoisotopic (exact) mass is 323 g/mol. The third-order valence-electron chi connectivity index (χ3n) is 2.47. The van der Waals surface area contributed by atoms with Crippen LogP contribution in [0.2, 0.25) is 0 Å². The van der Waals surface area contributed by atoms with Gasteiger partial charge in [-0.05, 0) is 31.4 Å². The number of hydrogen-bond donors (Lipinski definition) is 2. The maximum Gasteiger partial charge on any atom is 0.251 e. The van der Waals surface area contributed by atoms with E-state index in [1.54, 1.807) is 6.92 Å². The van der Waals surface area contributed by atoms with Gasteiger partial charge in [0.15, 0.2) is 10.3 Å². The number of aryl methyl sites for hydroxylation is 1. The molecule has 2 rings (SSSR count). The molecule has 0 amide bonds. The average molecular weight is 323 g/mol. The Hall–Kier alpha value is -1.54. The fourth-order valence-electron chi connectivity index (χ4n) is 1.59. The number of hydrogen-bond acceptors (Lipinski definition) is 7. The van der Waals surface area contributed by atoms with Crippen molar-refractivity contribution in [1.29, 1.82) is 0 Å². The molecule has 0 unspecified atom stereocenters. The molecule has 0 radical (unpaired) electrons. The predicted octanol–water partition coefficient (Wildman–Crippen LogP) is 2.56. The second kappa shape index (κ2) is 7.46. The molecular weight excluding hydrogens is 306 g/mol. The summed E-state index contributed by atoms with van der Waals surface area (Å²) >= 11 is 2.80. The first-order valence-electron chi connectivity index (χ1n) is 6.53. The van der Waals surface area contributed by atoms with Crippen LogP contribution in [0.4, 0.5) is 5.82 Å². The van der Waals surface area contributed by atoms with Gasteiger partial charge in [0, 0.05) is 24.4 Å². The molecule has 0 aliphatic heterocycles. The Morgan fingerprint density at radius 3 is 2.76 bits per heavy atom. The number of anilines is 1. The van der Waals surface area contributed by atoms with Crippen molar-refractivity contribution < 1.29 is 0 Å². The summed E-state index contributed by atoms with van der Waals surface area (Å²) in [5, 5.41) is 5.22. The Bertz CT molecular complexity index is 674. The largest absolute Gasteiger partial charge is 0.370 e. The Labute approximate surface area is 131 Å². The first-order valence-corrected chi connectivity index (χ1v) is 8.57. The lowest BCUT2D eigenvalue weighted by molar-refractivity contribution is 0.865. The topological polar surface area (TPSA) is 83.6 Å². The summed E-state index contributed by atoms with van der Waals surface area (Å²) in [6.07, 6.45) is 2.95. The van der Waals surface area contributed by atoms with E-state index < -0.39 is 0 Å². The van der Waals surface area contributed by atoms with E-state index in [9.17, 15) is 4.79 Å². The van der Waals surface area contributed by atoms with Crippen molar-refractivity contribution in [3.63, 3.8) is 0 Å². The van der Waals surface area contributed by atoms with Gasteiger partial charge in [0.25, 0.3) is 5.56 Å². The number of thioether (sulfide) groups is 1. The van der Waals surface area contributed by atoms with E-state index in [1.165, 1.54) is 29.6 Å². The van der Waals surface area contributed by atoms with Gasteiger partial charge < -0.3 is 10.3 Å². The van der Waals surface area contributed by atoms with Gasteiger partial charge in [0.05, 0.1) is 0 Å². The minimum absolute atomic E-state index is 0.159. The molecule has 0 spiro atoms. The van der Waals surface area contributed by atoms with E-state index in [1.807, 2.05) is 12.3 Å². The highest BCUT2D eigenvalue weighted by Crippen LogP contribution is 2.26. The number of aromatic nitrogens is 4. The van der Waals surface area contributed by atoms with Gasteiger partial charge in [-0.1, -0.05) is 18.7 Å². The molecule has 21 heavy (non-hydrogen) atoms. The molecule has 6 nitrogen and oxygen atoms in total. The first-order chi connectivity index (χ1) is 10.1. The lowest BCUT2D eigenvalue weighted by Crippen LogP contribution is -2.08. The van der Waals surface area contributed by atoms with Gasteiger partial charge in [0.2, 0.25) is 0 Å². The van der Waals surface area contributed by atoms with E-state index in [4.69, 9.17) is 0 Å². The minimum Gasteiger partial charge on any atom is -0.370 e. The van der Waals surface area contributed by atoms with E-state index >= 15 is 0 Å². The van der Waals surface area contributed by atoms with Crippen LogP contribution in [0.1, 0.15) is 19.0 Å². The Balaban J connectivity index is 2.27. The molecule has 0 aliphatic rings. The normalized spacial score (nSPS) is 10.6. The number of nitrogens with one attached hydrogen (secondary N) is 2. The average Bonchev–Trinajstić information content (AvgIpc) is 2.43. The first kappa shape index (κ1) is 15.8. The number of nitrogens with zero attached hydrogens (tertiary/aromatic N) is 3. The van der Waals surface area contributed by atoms with E-state index in [0.717, 1.165) is 23.8 Å². The van der Waals surface area contributed by atoms with Crippen molar-refractivity contribution >= 4 is 29.3 Å². The van der Waals surface area contributed by atoms with E-state index in [0.29, 0.717) is 16.0 Å². The molecule has 2 aromatic heterocycles. The van der Waals surface area contributed by atoms with Gasteiger partial charge in [-0.3, -0.25) is 4.79 Å². The molecular formula is C13H17N5OS2. The predicted molar refractivity (Wildman–Crippen MR) is 86.3 cm³/mol. The van der Waals surface area contributed by atoms with E-state index in [-0.39, 0.29) is 5.56 Å². The molecule has 0 bridgehead atoms. The van der Waals surface area contributed by atoms with Crippen LogP contribution in [0.15, 0.2) is 32.3 Å². The van der Waals surface area contributed by atoms with Gasteiger partial charge in [0.1, 0.15) is 10.8 Å². The summed E-state index contributed by atoms with van der Waals surface area (Å²) in [5.74, 6) is 0.786. The summed E-state index contributed by atoms with van der Waals surface area (Å²) in [7, 11) is 0. The van der Waals surface area contributed by atoms with Crippen molar-refractivity contribution in [1.82, 2.24) is 19.9 Å². The van der Waals surface area contributed by atoms with Gasteiger partial charge in [-0.2, -0.15) is 0 Å². The van der Waals surface area contributed by atoms with Crippen LogP contribution in [0.25, 0.3) is 0 Å². The second-order valence-corrected chi connectivity index (χ2v) is 6.08.